The number of ether oxygens (including phenoxy) is 1. The van der Waals surface area contributed by atoms with E-state index >= 15 is 0 Å². The van der Waals surface area contributed by atoms with Crippen LogP contribution < -0.4 is 0 Å². The van der Waals surface area contributed by atoms with Gasteiger partial charge < -0.3 is 9.30 Å². The number of fused-ring (bicyclic) bond motifs is 1. The monoisotopic (exact) mass is 294 g/mol. The third-order valence-electron chi connectivity index (χ3n) is 3.44. The summed E-state index contributed by atoms with van der Waals surface area (Å²) in [6.07, 6.45) is 5.33. The second kappa shape index (κ2) is 6.77. The molecule has 0 bridgehead atoms. The fraction of sp³-hybridized carbons (Fsp3) is 0.222. The molecular weight excluding hydrogens is 276 g/mol. The van der Waals surface area contributed by atoms with Crippen molar-refractivity contribution in [3.63, 3.8) is 0 Å². The molecule has 1 aromatic carbocycles. The number of hydrogen-bond donors (Lipinski definition) is 0. The van der Waals surface area contributed by atoms with Gasteiger partial charge in [-0.25, -0.2) is 4.79 Å². The SMILES string of the molecule is C=Cc1cccc2c(/C=C(\C#N)C(=O)OCC)cn(CC)c12. The summed E-state index contributed by atoms with van der Waals surface area (Å²) in [6.45, 7) is 8.63. The number of rotatable bonds is 5. The van der Waals surface area contributed by atoms with Crippen LogP contribution in [0.2, 0.25) is 0 Å². The van der Waals surface area contributed by atoms with Crippen molar-refractivity contribution in [2.45, 2.75) is 20.4 Å². The summed E-state index contributed by atoms with van der Waals surface area (Å²) in [7, 11) is 0. The smallest absolute Gasteiger partial charge is 0.348 e. The van der Waals surface area contributed by atoms with E-state index in [4.69, 9.17) is 4.74 Å². The average Bonchev–Trinajstić information content (AvgIpc) is 2.90. The van der Waals surface area contributed by atoms with Gasteiger partial charge in [0.25, 0.3) is 0 Å². The molecule has 4 nitrogen and oxygen atoms in total. The van der Waals surface area contributed by atoms with Crippen LogP contribution in [-0.4, -0.2) is 17.1 Å². The Morgan fingerprint density at radius 2 is 2.18 bits per heavy atom. The molecule has 0 radical (unpaired) electrons. The van der Waals surface area contributed by atoms with E-state index in [2.05, 4.69) is 11.1 Å². The fourth-order valence-electron chi connectivity index (χ4n) is 2.45. The van der Waals surface area contributed by atoms with Gasteiger partial charge in [0.1, 0.15) is 11.6 Å². The van der Waals surface area contributed by atoms with Crippen molar-refractivity contribution in [3.8, 4) is 6.07 Å². The fourth-order valence-corrected chi connectivity index (χ4v) is 2.45. The molecule has 2 rings (SSSR count). The van der Waals surface area contributed by atoms with E-state index in [9.17, 15) is 10.1 Å². The zero-order valence-corrected chi connectivity index (χ0v) is 12.8. The van der Waals surface area contributed by atoms with E-state index in [-0.39, 0.29) is 12.2 Å². The van der Waals surface area contributed by atoms with Crippen molar-refractivity contribution in [1.82, 2.24) is 4.57 Å². The molecule has 0 aliphatic heterocycles. The van der Waals surface area contributed by atoms with Gasteiger partial charge in [0, 0.05) is 23.7 Å². The van der Waals surface area contributed by atoms with Gasteiger partial charge in [-0.3, -0.25) is 0 Å². The Bertz CT molecular complexity index is 791. The van der Waals surface area contributed by atoms with Crippen LogP contribution in [0.1, 0.15) is 25.0 Å². The first-order valence-corrected chi connectivity index (χ1v) is 7.19. The Balaban J connectivity index is 2.64. The molecule has 0 spiro atoms. The lowest BCUT2D eigenvalue weighted by Crippen LogP contribution is -2.05. The topological polar surface area (TPSA) is 55.0 Å². The molecule has 1 heterocycles. The lowest BCUT2D eigenvalue weighted by molar-refractivity contribution is -0.137. The van der Waals surface area contributed by atoms with Crippen LogP contribution in [0.15, 0.2) is 36.5 Å². The maximum atomic E-state index is 11.8. The standard InChI is InChI=1S/C18H18N2O2/c1-4-13-8-7-9-16-15(12-20(5-2)17(13)16)10-14(11-19)18(21)22-6-3/h4,7-10,12H,1,5-6H2,2-3H3/b14-10+. The summed E-state index contributed by atoms with van der Waals surface area (Å²) in [6, 6.07) is 7.81. The quantitative estimate of drug-likeness (QED) is 0.479. The highest BCUT2D eigenvalue weighted by Crippen LogP contribution is 2.27. The molecule has 0 aliphatic rings. The van der Waals surface area contributed by atoms with Crippen LogP contribution in [0, 0.1) is 11.3 Å². The maximum absolute atomic E-state index is 11.8. The van der Waals surface area contributed by atoms with Crippen molar-refractivity contribution in [1.29, 1.82) is 5.26 Å². The van der Waals surface area contributed by atoms with Crippen LogP contribution >= 0.6 is 0 Å². The normalized spacial score (nSPS) is 11.2. The van der Waals surface area contributed by atoms with Crippen molar-refractivity contribution >= 4 is 29.0 Å². The highest BCUT2D eigenvalue weighted by molar-refractivity contribution is 6.02. The van der Waals surface area contributed by atoms with Crippen LogP contribution in [0.3, 0.4) is 0 Å². The molecule has 0 amide bonds. The lowest BCUT2D eigenvalue weighted by atomic mass is 10.1. The zero-order valence-electron chi connectivity index (χ0n) is 12.8. The predicted molar refractivity (Wildman–Crippen MR) is 87.9 cm³/mol. The van der Waals surface area contributed by atoms with Crippen molar-refractivity contribution in [3.05, 3.63) is 47.7 Å². The number of esters is 1. The van der Waals surface area contributed by atoms with E-state index in [0.29, 0.717) is 0 Å². The van der Waals surface area contributed by atoms with Crippen LogP contribution in [-0.2, 0) is 16.1 Å². The minimum atomic E-state index is -0.595. The van der Waals surface area contributed by atoms with Gasteiger partial charge in [-0.1, -0.05) is 30.9 Å². The molecule has 0 aliphatic carbocycles. The van der Waals surface area contributed by atoms with Gasteiger partial charge in [0.2, 0.25) is 0 Å². The van der Waals surface area contributed by atoms with Gasteiger partial charge in [0.15, 0.2) is 0 Å². The average molecular weight is 294 g/mol. The van der Waals surface area contributed by atoms with Crippen LogP contribution in [0.4, 0.5) is 0 Å². The molecule has 0 saturated heterocycles. The number of hydrogen-bond acceptors (Lipinski definition) is 3. The van der Waals surface area contributed by atoms with E-state index in [0.717, 1.165) is 28.6 Å². The minimum Gasteiger partial charge on any atom is -0.462 e. The molecule has 22 heavy (non-hydrogen) atoms. The van der Waals surface area contributed by atoms with Crippen molar-refractivity contribution in [2.75, 3.05) is 6.61 Å². The van der Waals surface area contributed by atoms with Crippen molar-refractivity contribution < 1.29 is 9.53 Å². The van der Waals surface area contributed by atoms with E-state index in [1.54, 1.807) is 19.1 Å². The van der Waals surface area contributed by atoms with Crippen LogP contribution in [0.5, 0.6) is 0 Å². The molecule has 1 aromatic heterocycles. The molecule has 112 valence electrons. The first-order valence-electron chi connectivity index (χ1n) is 7.19. The Morgan fingerprint density at radius 1 is 1.41 bits per heavy atom. The van der Waals surface area contributed by atoms with Gasteiger partial charge in [-0.05, 0) is 25.5 Å². The number of carbonyl (C=O) groups excluding carboxylic acids is 1. The Labute approximate surface area is 129 Å². The molecule has 0 saturated carbocycles. The second-order valence-corrected chi connectivity index (χ2v) is 4.71. The van der Waals surface area contributed by atoms with Crippen molar-refractivity contribution in [2.24, 2.45) is 0 Å². The number of aryl methyl sites for hydroxylation is 1. The summed E-state index contributed by atoms with van der Waals surface area (Å²) in [5, 5.41) is 10.2. The summed E-state index contributed by atoms with van der Waals surface area (Å²) < 4.78 is 6.99. The number of aromatic nitrogens is 1. The number of nitrogens with zero attached hydrogens (tertiary/aromatic N) is 2. The Hall–Kier alpha value is -2.80. The molecule has 0 N–H and O–H groups in total. The number of nitriles is 1. The third-order valence-corrected chi connectivity index (χ3v) is 3.44. The Morgan fingerprint density at radius 3 is 2.77 bits per heavy atom. The van der Waals surface area contributed by atoms with Crippen LogP contribution in [0.25, 0.3) is 23.1 Å². The molecule has 2 aromatic rings. The molecule has 4 heteroatoms. The van der Waals surface area contributed by atoms with E-state index < -0.39 is 5.97 Å². The Kier molecular flexibility index (Phi) is 4.80. The first kappa shape index (κ1) is 15.6. The maximum Gasteiger partial charge on any atom is 0.348 e. The van der Waals surface area contributed by atoms with Gasteiger partial charge >= 0.3 is 5.97 Å². The molecule has 0 unspecified atom stereocenters. The number of para-hydroxylation sites is 1. The summed E-state index contributed by atoms with van der Waals surface area (Å²) in [5.41, 5.74) is 2.90. The van der Waals surface area contributed by atoms with Gasteiger partial charge in [-0.2, -0.15) is 5.26 Å². The highest BCUT2D eigenvalue weighted by atomic mass is 16.5. The summed E-state index contributed by atoms with van der Waals surface area (Å²) >= 11 is 0. The van der Waals surface area contributed by atoms with E-state index in [1.807, 2.05) is 37.4 Å². The third kappa shape index (κ3) is 2.79. The van der Waals surface area contributed by atoms with E-state index in [1.165, 1.54) is 0 Å². The highest BCUT2D eigenvalue weighted by Gasteiger charge is 2.13. The molecule has 0 atom stereocenters. The first-order chi connectivity index (χ1) is 10.7. The predicted octanol–water partition coefficient (Wildman–Crippen LogP) is 3.77. The summed E-state index contributed by atoms with van der Waals surface area (Å²) in [4.78, 5) is 11.8. The van der Waals surface area contributed by atoms with Gasteiger partial charge in [0.05, 0.1) is 12.1 Å². The van der Waals surface area contributed by atoms with Gasteiger partial charge in [-0.15, -0.1) is 0 Å². The minimum absolute atomic E-state index is 0.000934. The lowest BCUT2D eigenvalue weighted by Gasteiger charge is -2.03. The second-order valence-electron chi connectivity index (χ2n) is 4.71. The molecule has 0 fully saturated rings. The number of carbonyl (C=O) groups is 1. The number of benzene rings is 1. The summed E-state index contributed by atoms with van der Waals surface area (Å²) in [5.74, 6) is -0.595. The largest absolute Gasteiger partial charge is 0.462 e. The molecular formula is C18H18N2O2. The zero-order chi connectivity index (χ0) is 16.1.